The van der Waals surface area contributed by atoms with Gasteiger partial charge in [0, 0.05) is 39.1 Å². The smallest absolute Gasteiger partial charge is 0.265 e. The summed E-state index contributed by atoms with van der Waals surface area (Å²) in [6, 6.07) is 12.2. The van der Waals surface area contributed by atoms with Gasteiger partial charge in [0.2, 0.25) is 0 Å². The number of halogens is 4. The Morgan fingerprint density at radius 3 is 2.67 bits per heavy atom. The van der Waals surface area contributed by atoms with Crippen LogP contribution in [0.4, 0.5) is 20.3 Å². The number of nitrogens with zero attached hydrogens (tertiary/aromatic N) is 2. The first-order valence-electron chi connectivity index (χ1n) is 9.53. The molecule has 0 radical (unpaired) electrons. The summed E-state index contributed by atoms with van der Waals surface area (Å²) in [5, 5.41) is 4.10. The number of alkyl halides is 2. The fourth-order valence-corrected chi connectivity index (χ4v) is 4.28. The average molecular weight is 495 g/mol. The minimum atomic E-state index is -2.77. The molecule has 0 unspecified atom stereocenters. The lowest BCUT2D eigenvalue weighted by Gasteiger charge is -2.34. The van der Waals surface area contributed by atoms with E-state index in [0.29, 0.717) is 51.5 Å². The molecule has 1 N–H and O–H groups in total. The van der Waals surface area contributed by atoms with Crippen molar-refractivity contribution in [3.63, 3.8) is 0 Å². The molecule has 3 aromatic rings. The second-order valence-corrected chi connectivity index (χ2v) is 8.79. The molecule has 30 heavy (non-hydrogen) atoms. The fraction of sp³-hybridized carbons (Fsp3) is 0.273. The summed E-state index contributed by atoms with van der Waals surface area (Å²) in [4.78, 5) is 19.5. The van der Waals surface area contributed by atoms with E-state index < -0.39 is 12.5 Å². The van der Waals surface area contributed by atoms with E-state index in [1.165, 1.54) is 0 Å². The Balaban J connectivity index is 1.81. The molecular formula is C22H19BrClF2N3O. The zero-order valence-corrected chi connectivity index (χ0v) is 18.5. The Labute approximate surface area is 186 Å². The summed E-state index contributed by atoms with van der Waals surface area (Å²) in [5.74, 6) is -2.68. The Bertz CT molecular complexity index is 1120. The molecule has 0 bridgehead atoms. The first-order chi connectivity index (χ1) is 14.2. The quantitative estimate of drug-likeness (QED) is 0.455. The number of aromatic nitrogens is 1. The number of carbonyl (C=O) groups excluding carboxylic acids is 1. The van der Waals surface area contributed by atoms with E-state index in [1.54, 1.807) is 42.2 Å². The number of hydrogen-bond acceptors (Lipinski definition) is 3. The lowest BCUT2D eigenvalue weighted by Crippen LogP contribution is -2.43. The van der Waals surface area contributed by atoms with E-state index >= 15 is 0 Å². The van der Waals surface area contributed by atoms with Gasteiger partial charge in [0.05, 0.1) is 17.6 Å². The first-order valence-corrected chi connectivity index (χ1v) is 10.7. The third kappa shape index (κ3) is 4.27. The van der Waals surface area contributed by atoms with Crippen molar-refractivity contribution in [2.45, 2.75) is 25.7 Å². The van der Waals surface area contributed by atoms with E-state index in [0.717, 1.165) is 4.47 Å². The fourth-order valence-electron chi connectivity index (χ4n) is 3.79. The highest BCUT2D eigenvalue weighted by Crippen LogP contribution is 2.35. The SMILES string of the molecule is Cc1c(N2CCCC(F)(F)C2)nc2ccc(Br)cc2c1C(=O)Nc1ccc(Cl)cc1. The molecule has 0 spiro atoms. The molecule has 2 heterocycles. The molecule has 1 saturated heterocycles. The van der Waals surface area contributed by atoms with Crippen molar-refractivity contribution < 1.29 is 13.6 Å². The van der Waals surface area contributed by atoms with E-state index in [-0.39, 0.29) is 12.3 Å². The van der Waals surface area contributed by atoms with Crippen LogP contribution in [0.15, 0.2) is 46.9 Å². The van der Waals surface area contributed by atoms with Crippen molar-refractivity contribution in [1.29, 1.82) is 0 Å². The summed E-state index contributed by atoms with van der Waals surface area (Å²) in [6.45, 7) is 1.83. The second-order valence-electron chi connectivity index (χ2n) is 7.44. The summed E-state index contributed by atoms with van der Waals surface area (Å²) >= 11 is 9.36. The van der Waals surface area contributed by atoms with Crippen LogP contribution in [0.3, 0.4) is 0 Å². The maximum absolute atomic E-state index is 14.1. The molecule has 2 aromatic carbocycles. The third-order valence-corrected chi connectivity index (χ3v) is 5.93. The number of anilines is 2. The van der Waals surface area contributed by atoms with Crippen LogP contribution >= 0.6 is 27.5 Å². The van der Waals surface area contributed by atoms with Crippen molar-refractivity contribution >= 4 is 55.8 Å². The zero-order valence-electron chi connectivity index (χ0n) is 16.2. The predicted molar refractivity (Wildman–Crippen MR) is 120 cm³/mol. The van der Waals surface area contributed by atoms with Crippen molar-refractivity contribution in [3.05, 3.63) is 63.1 Å². The summed E-state index contributed by atoms with van der Waals surface area (Å²) in [5.41, 5.74) is 2.16. The number of carbonyl (C=O) groups is 1. The summed E-state index contributed by atoms with van der Waals surface area (Å²) in [6.07, 6.45) is 0.242. The maximum atomic E-state index is 14.1. The molecule has 1 aliphatic rings. The monoisotopic (exact) mass is 493 g/mol. The molecule has 156 valence electrons. The molecule has 4 rings (SSSR count). The largest absolute Gasteiger partial charge is 0.350 e. The van der Waals surface area contributed by atoms with Gasteiger partial charge in [-0.15, -0.1) is 0 Å². The lowest BCUT2D eigenvalue weighted by molar-refractivity contribution is -0.0118. The van der Waals surface area contributed by atoms with Crippen LogP contribution in [0.25, 0.3) is 10.9 Å². The van der Waals surface area contributed by atoms with Crippen molar-refractivity contribution in [2.75, 3.05) is 23.3 Å². The van der Waals surface area contributed by atoms with Crippen LogP contribution in [0.1, 0.15) is 28.8 Å². The standard InChI is InChI=1S/C22H19BrClF2N3O/c1-13-19(21(30)27-16-6-4-15(24)5-7-16)17-11-14(23)3-8-18(17)28-20(13)29-10-2-9-22(25,26)12-29/h3-8,11H,2,9-10,12H2,1H3,(H,27,30). The van der Waals surface area contributed by atoms with Gasteiger partial charge >= 0.3 is 0 Å². The number of amides is 1. The molecule has 0 saturated carbocycles. The highest BCUT2D eigenvalue weighted by molar-refractivity contribution is 9.10. The molecule has 0 aliphatic carbocycles. The molecule has 0 atom stereocenters. The van der Waals surface area contributed by atoms with Crippen molar-refractivity contribution in [1.82, 2.24) is 4.98 Å². The summed E-state index contributed by atoms with van der Waals surface area (Å²) < 4.78 is 28.9. The van der Waals surface area contributed by atoms with Crippen molar-refractivity contribution in [3.8, 4) is 0 Å². The van der Waals surface area contributed by atoms with Gasteiger partial charge in [-0.05, 0) is 55.8 Å². The molecule has 1 aliphatic heterocycles. The Hall–Kier alpha value is -2.25. The highest BCUT2D eigenvalue weighted by Gasteiger charge is 2.36. The van der Waals surface area contributed by atoms with E-state index in [9.17, 15) is 13.6 Å². The molecule has 4 nitrogen and oxygen atoms in total. The van der Waals surface area contributed by atoms with Gasteiger partial charge in [-0.3, -0.25) is 4.79 Å². The van der Waals surface area contributed by atoms with Gasteiger partial charge in [-0.25, -0.2) is 13.8 Å². The zero-order chi connectivity index (χ0) is 21.5. The molecule has 1 fully saturated rings. The Kier molecular flexibility index (Phi) is 5.68. The molecule has 8 heteroatoms. The normalized spacial score (nSPS) is 16.0. The number of hydrogen-bond donors (Lipinski definition) is 1. The van der Waals surface area contributed by atoms with Gasteiger partial charge in [0.25, 0.3) is 11.8 Å². The molecule has 1 amide bonds. The topological polar surface area (TPSA) is 45.2 Å². The van der Waals surface area contributed by atoms with Crippen LogP contribution in [-0.4, -0.2) is 29.9 Å². The van der Waals surface area contributed by atoms with Gasteiger partial charge < -0.3 is 10.2 Å². The number of nitrogens with one attached hydrogen (secondary N) is 1. The highest BCUT2D eigenvalue weighted by atomic mass is 79.9. The molecule has 1 aromatic heterocycles. The number of rotatable bonds is 3. The van der Waals surface area contributed by atoms with Gasteiger partial charge in [0.1, 0.15) is 5.82 Å². The van der Waals surface area contributed by atoms with Crippen LogP contribution in [0, 0.1) is 6.92 Å². The van der Waals surface area contributed by atoms with Crippen LogP contribution in [0.5, 0.6) is 0 Å². The van der Waals surface area contributed by atoms with Crippen molar-refractivity contribution in [2.24, 2.45) is 0 Å². The Morgan fingerprint density at radius 2 is 1.97 bits per heavy atom. The minimum absolute atomic E-state index is 0.132. The van der Waals surface area contributed by atoms with Crippen LogP contribution in [0.2, 0.25) is 5.02 Å². The molecular weight excluding hydrogens is 476 g/mol. The number of piperidine rings is 1. The van der Waals surface area contributed by atoms with Crippen LogP contribution in [-0.2, 0) is 0 Å². The second kappa shape index (κ2) is 8.12. The van der Waals surface area contributed by atoms with Gasteiger partial charge in [0.15, 0.2) is 0 Å². The number of fused-ring (bicyclic) bond motifs is 1. The van der Waals surface area contributed by atoms with E-state index in [2.05, 4.69) is 26.2 Å². The number of benzene rings is 2. The first kappa shape index (κ1) is 21.0. The minimum Gasteiger partial charge on any atom is -0.350 e. The van der Waals surface area contributed by atoms with Gasteiger partial charge in [-0.1, -0.05) is 27.5 Å². The number of pyridine rings is 1. The summed E-state index contributed by atoms with van der Waals surface area (Å²) in [7, 11) is 0. The average Bonchev–Trinajstić information content (AvgIpc) is 2.68. The lowest BCUT2D eigenvalue weighted by atomic mass is 10.0. The van der Waals surface area contributed by atoms with E-state index in [1.807, 2.05) is 12.1 Å². The predicted octanol–water partition coefficient (Wildman–Crippen LogP) is 6.45. The van der Waals surface area contributed by atoms with Crippen LogP contribution < -0.4 is 10.2 Å². The van der Waals surface area contributed by atoms with E-state index in [4.69, 9.17) is 11.6 Å². The van der Waals surface area contributed by atoms with Gasteiger partial charge in [-0.2, -0.15) is 0 Å². The Morgan fingerprint density at radius 1 is 1.23 bits per heavy atom. The third-order valence-electron chi connectivity index (χ3n) is 5.19. The maximum Gasteiger partial charge on any atom is 0.265 e.